The molecule has 0 bridgehead atoms. The first-order valence-electron chi connectivity index (χ1n) is 8.24. The molecule has 0 atom stereocenters. The van der Waals surface area contributed by atoms with Crippen LogP contribution in [-0.4, -0.2) is 39.3 Å². The molecule has 1 amide bonds. The van der Waals surface area contributed by atoms with E-state index in [4.69, 9.17) is 4.74 Å². The molecule has 0 saturated carbocycles. The van der Waals surface area contributed by atoms with Crippen molar-refractivity contribution in [2.75, 3.05) is 13.2 Å². The zero-order valence-electron chi connectivity index (χ0n) is 13.5. The van der Waals surface area contributed by atoms with E-state index in [2.05, 4.69) is 10.4 Å². The van der Waals surface area contributed by atoms with Gasteiger partial charge < -0.3 is 10.1 Å². The van der Waals surface area contributed by atoms with Crippen molar-refractivity contribution in [1.82, 2.24) is 19.5 Å². The van der Waals surface area contributed by atoms with Crippen LogP contribution >= 0.6 is 0 Å². The van der Waals surface area contributed by atoms with Crippen LogP contribution in [0.25, 0.3) is 16.4 Å². The molecule has 3 aromatic rings. The number of hydrogen-bond acceptors (Lipinski definition) is 4. The van der Waals surface area contributed by atoms with Gasteiger partial charge in [0, 0.05) is 24.6 Å². The predicted molar refractivity (Wildman–Crippen MR) is 91.8 cm³/mol. The Hall–Kier alpha value is -2.87. The number of hydrogen-bond donors (Lipinski definition) is 2. The summed E-state index contributed by atoms with van der Waals surface area (Å²) in [7, 11) is 0. The number of rotatable bonds is 3. The highest BCUT2D eigenvalue weighted by molar-refractivity contribution is 5.86. The average Bonchev–Trinajstić information content (AvgIpc) is 3.00. The topological polar surface area (TPSA) is 97.6 Å². The maximum absolute atomic E-state index is 12.6. The van der Waals surface area contributed by atoms with Crippen LogP contribution in [0.2, 0.25) is 0 Å². The third-order valence-electron chi connectivity index (χ3n) is 4.50. The number of carbonyl (C=O) groups is 1. The number of aromatic amines is 1. The van der Waals surface area contributed by atoms with Crippen molar-refractivity contribution in [3.63, 3.8) is 0 Å². The summed E-state index contributed by atoms with van der Waals surface area (Å²) in [6, 6.07) is 8.97. The fraction of sp³-hybridized carbons (Fsp3) is 0.353. The largest absolute Gasteiger partial charge is 0.381 e. The van der Waals surface area contributed by atoms with Crippen LogP contribution in [0.3, 0.4) is 0 Å². The third kappa shape index (κ3) is 2.85. The highest BCUT2D eigenvalue weighted by atomic mass is 16.5. The number of para-hydroxylation sites is 1. The van der Waals surface area contributed by atoms with Gasteiger partial charge in [-0.15, -0.1) is 0 Å². The summed E-state index contributed by atoms with van der Waals surface area (Å²) < 4.78 is 7.65. The van der Waals surface area contributed by atoms with E-state index < -0.39 is 11.2 Å². The average molecular weight is 342 g/mol. The summed E-state index contributed by atoms with van der Waals surface area (Å²) in [6.45, 7) is 1.01. The van der Waals surface area contributed by atoms with E-state index in [1.165, 1.54) is 4.40 Å². The van der Waals surface area contributed by atoms with Crippen molar-refractivity contribution in [3.8, 4) is 0 Å². The smallest absolute Gasteiger partial charge is 0.345 e. The molecular weight excluding hydrogens is 324 g/mol. The summed E-state index contributed by atoms with van der Waals surface area (Å²) in [4.78, 5) is 37.3. The lowest BCUT2D eigenvalue weighted by atomic mass is 10.1. The lowest BCUT2D eigenvalue weighted by Crippen LogP contribution is -2.43. The van der Waals surface area contributed by atoms with Gasteiger partial charge >= 0.3 is 5.69 Å². The number of ether oxygens (including phenoxy) is 1. The number of H-pyrrole nitrogens is 1. The molecule has 3 heterocycles. The summed E-state index contributed by atoms with van der Waals surface area (Å²) in [6.07, 6.45) is 1.50. The second-order valence-electron chi connectivity index (χ2n) is 6.19. The number of nitrogens with zero attached hydrogens (tertiary/aromatic N) is 2. The first kappa shape index (κ1) is 15.6. The Morgan fingerprint density at radius 3 is 2.76 bits per heavy atom. The minimum atomic E-state index is -0.449. The SMILES string of the molecule is O=C(Cn1[nH]c(=O)n2c(cc3ccccc32)c1=O)NC1CCOCC1. The van der Waals surface area contributed by atoms with Gasteiger partial charge in [-0.25, -0.2) is 14.6 Å². The molecule has 4 rings (SSSR count). The minimum Gasteiger partial charge on any atom is -0.381 e. The van der Waals surface area contributed by atoms with Crippen LogP contribution in [0.1, 0.15) is 12.8 Å². The van der Waals surface area contributed by atoms with Gasteiger partial charge in [-0.05, 0) is 25.0 Å². The molecule has 0 spiro atoms. The lowest BCUT2D eigenvalue weighted by Gasteiger charge is -2.23. The van der Waals surface area contributed by atoms with Gasteiger partial charge in [-0.2, -0.15) is 0 Å². The molecule has 0 aliphatic carbocycles. The van der Waals surface area contributed by atoms with Gasteiger partial charge in [0.2, 0.25) is 5.91 Å². The molecule has 8 heteroatoms. The van der Waals surface area contributed by atoms with Gasteiger partial charge in [0.25, 0.3) is 5.56 Å². The summed E-state index contributed by atoms with van der Waals surface area (Å²) in [5.74, 6) is -0.301. The van der Waals surface area contributed by atoms with Gasteiger partial charge in [0.1, 0.15) is 12.1 Å². The Kier molecular flexibility index (Phi) is 3.89. The normalized spacial score (nSPS) is 15.7. The Balaban J connectivity index is 1.67. The fourth-order valence-corrected chi connectivity index (χ4v) is 3.26. The highest BCUT2D eigenvalue weighted by Gasteiger charge is 2.18. The summed E-state index contributed by atoms with van der Waals surface area (Å²) >= 11 is 0. The Bertz CT molecular complexity index is 1060. The molecular formula is C17H18N4O4. The lowest BCUT2D eigenvalue weighted by molar-refractivity contribution is -0.123. The second kappa shape index (κ2) is 6.21. The first-order valence-corrected chi connectivity index (χ1v) is 8.24. The zero-order valence-corrected chi connectivity index (χ0v) is 13.5. The van der Waals surface area contributed by atoms with E-state index in [0.717, 1.165) is 22.9 Å². The van der Waals surface area contributed by atoms with E-state index in [0.29, 0.717) is 18.7 Å². The van der Waals surface area contributed by atoms with Crippen LogP contribution in [0.4, 0.5) is 0 Å². The Morgan fingerprint density at radius 2 is 1.96 bits per heavy atom. The van der Waals surface area contributed by atoms with Crippen molar-refractivity contribution >= 4 is 22.3 Å². The molecule has 1 aliphatic heterocycles. The van der Waals surface area contributed by atoms with Crippen LogP contribution < -0.4 is 16.6 Å². The molecule has 0 unspecified atom stereocenters. The Morgan fingerprint density at radius 1 is 1.20 bits per heavy atom. The van der Waals surface area contributed by atoms with E-state index >= 15 is 0 Å². The van der Waals surface area contributed by atoms with E-state index in [-0.39, 0.29) is 24.0 Å². The van der Waals surface area contributed by atoms with Crippen molar-refractivity contribution in [2.45, 2.75) is 25.4 Å². The quantitative estimate of drug-likeness (QED) is 0.712. The molecule has 2 N–H and O–H groups in total. The number of fused-ring (bicyclic) bond motifs is 3. The van der Waals surface area contributed by atoms with Crippen molar-refractivity contribution < 1.29 is 9.53 Å². The Labute approximate surface area is 142 Å². The number of amides is 1. The minimum absolute atomic E-state index is 0.0447. The van der Waals surface area contributed by atoms with Crippen LogP contribution in [0, 0.1) is 0 Å². The molecule has 130 valence electrons. The summed E-state index contributed by atoms with van der Waals surface area (Å²) in [5, 5.41) is 6.17. The van der Waals surface area contributed by atoms with Crippen molar-refractivity contribution in [2.24, 2.45) is 0 Å². The molecule has 1 saturated heterocycles. The molecule has 8 nitrogen and oxygen atoms in total. The maximum Gasteiger partial charge on any atom is 0.345 e. The first-order chi connectivity index (χ1) is 12.1. The van der Waals surface area contributed by atoms with Crippen LogP contribution in [-0.2, 0) is 16.1 Å². The number of aromatic nitrogens is 3. The molecule has 2 aromatic heterocycles. The van der Waals surface area contributed by atoms with Gasteiger partial charge in [0.05, 0.1) is 5.52 Å². The summed E-state index contributed by atoms with van der Waals surface area (Å²) in [5.41, 5.74) is 0.0612. The van der Waals surface area contributed by atoms with Crippen molar-refractivity contribution in [1.29, 1.82) is 0 Å². The van der Waals surface area contributed by atoms with Gasteiger partial charge in [0.15, 0.2) is 0 Å². The van der Waals surface area contributed by atoms with Crippen LogP contribution in [0.5, 0.6) is 0 Å². The number of carbonyl (C=O) groups excluding carboxylic acids is 1. The van der Waals surface area contributed by atoms with Gasteiger partial charge in [-0.3, -0.25) is 14.0 Å². The molecule has 1 aromatic carbocycles. The number of nitrogens with one attached hydrogen (secondary N) is 2. The van der Waals surface area contributed by atoms with Crippen LogP contribution in [0.15, 0.2) is 39.9 Å². The standard InChI is InChI=1S/C17H18N4O4/c22-15(18-12-5-7-25-8-6-12)10-20-16(23)14-9-11-3-1-2-4-13(11)21(14)17(24)19-20/h1-4,9,12H,5-8,10H2,(H,18,22)(H,19,24). The van der Waals surface area contributed by atoms with E-state index in [1.54, 1.807) is 18.2 Å². The molecule has 1 aliphatic rings. The maximum atomic E-state index is 12.6. The number of benzene rings is 1. The van der Waals surface area contributed by atoms with E-state index in [9.17, 15) is 14.4 Å². The monoisotopic (exact) mass is 342 g/mol. The fourth-order valence-electron chi connectivity index (χ4n) is 3.26. The predicted octanol–water partition coefficient (Wildman–Crippen LogP) is 0.238. The van der Waals surface area contributed by atoms with Crippen molar-refractivity contribution in [3.05, 3.63) is 51.2 Å². The van der Waals surface area contributed by atoms with E-state index in [1.807, 2.05) is 12.1 Å². The second-order valence-corrected chi connectivity index (χ2v) is 6.19. The molecule has 25 heavy (non-hydrogen) atoms. The van der Waals surface area contributed by atoms with Gasteiger partial charge in [-0.1, -0.05) is 18.2 Å². The zero-order chi connectivity index (χ0) is 17.4. The molecule has 1 fully saturated rings. The molecule has 0 radical (unpaired) electrons. The highest BCUT2D eigenvalue weighted by Crippen LogP contribution is 2.15. The third-order valence-corrected chi connectivity index (χ3v) is 4.50.